The van der Waals surface area contributed by atoms with Gasteiger partial charge in [-0.05, 0) is 54.5 Å². The van der Waals surface area contributed by atoms with E-state index < -0.39 is 0 Å². The summed E-state index contributed by atoms with van der Waals surface area (Å²) in [6.07, 6.45) is 5.38. The average molecular weight is 456 g/mol. The molecule has 0 atom stereocenters. The smallest absolute Gasteiger partial charge is 0.234 e. The molecule has 0 bridgehead atoms. The van der Waals surface area contributed by atoms with Crippen LogP contribution in [0.4, 0.5) is 5.82 Å². The number of nitrogens with zero attached hydrogens (tertiary/aromatic N) is 4. The molecule has 1 saturated heterocycles. The van der Waals surface area contributed by atoms with Crippen molar-refractivity contribution in [2.45, 2.75) is 25.7 Å². The highest BCUT2D eigenvalue weighted by molar-refractivity contribution is 5.78. The van der Waals surface area contributed by atoms with Crippen LogP contribution in [0.25, 0.3) is 11.5 Å². The molecule has 7 heteroatoms. The Hall–Kier alpha value is -3.63. The minimum atomic E-state index is 0.0536. The largest absolute Gasteiger partial charge is 0.463 e. The van der Waals surface area contributed by atoms with E-state index in [0.717, 1.165) is 80.3 Å². The average Bonchev–Trinajstić information content (AvgIpc) is 3.57. The van der Waals surface area contributed by atoms with Gasteiger partial charge >= 0.3 is 0 Å². The van der Waals surface area contributed by atoms with Gasteiger partial charge in [0.25, 0.3) is 0 Å². The van der Waals surface area contributed by atoms with E-state index in [1.807, 2.05) is 30.3 Å². The Morgan fingerprint density at radius 3 is 2.59 bits per heavy atom. The number of rotatable bonds is 7. The molecule has 0 spiro atoms. The number of carbonyl (C=O) groups excluding carboxylic acids is 1. The molecule has 34 heavy (non-hydrogen) atoms. The van der Waals surface area contributed by atoms with Crippen molar-refractivity contribution in [3.05, 3.63) is 71.0 Å². The van der Waals surface area contributed by atoms with Crippen LogP contribution in [0.3, 0.4) is 0 Å². The van der Waals surface area contributed by atoms with Gasteiger partial charge in [0.2, 0.25) is 5.91 Å². The Kier molecular flexibility index (Phi) is 6.59. The maximum atomic E-state index is 12.4. The van der Waals surface area contributed by atoms with Gasteiger partial charge in [0, 0.05) is 32.7 Å². The molecule has 2 aromatic heterocycles. The fraction of sp³-hybridized carbons (Fsp3) is 0.370. The van der Waals surface area contributed by atoms with Crippen molar-refractivity contribution >= 4 is 11.7 Å². The normalized spacial score (nSPS) is 15.7. The zero-order valence-corrected chi connectivity index (χ0v) is 19.3. The number of aromatic nitrogens is 1. The topological polar surface area (TPSA) is 85.4 Å². The van der Waals surface area contributed by atoms with Crippen LogP contribution in [-0.4, -0.2) is 55.1 Å². The maximum Gasteiger partial charge on any atom is 0.234 e. The van der Waals surface area contributed by atoms with Crippen LogP contribution in [0.5, 0.6) is 0 Å². The summed E-state index contributed by atoms with van der Waals surface area (Å²) in [6.45, 7) is 4.01. The van der Waals surface area contributed by atoms with Gasteiger partial charge in [-0.1, -0.05) is 30.3 Å². The molecule has 0 unspecified atom stereocenters. The summed E-state index contributed by atoms with van der Waals surface area (Å²) < 4.78 is 5.67. The number of fused-ring (bicyclic) bond motifs is 1. The summed E-state index contributed by atoms with van der Waals surface area (Å²) >= 11 is 0. The van der Waals surface area contributed by atoms with E-state index >= 15 is 0 Å². The molecule has 1 aliphatic heterocycles. The number of carbonyl (C=O) groups is 1. The third-order valence-electron chi connectivity index (χ3n) is 6.73. The summed E-state index contributed by atoms with van der Waals surface area (Å²) in [6, 6.07) is 16.4. The number of anilines is 1. The molecule has 0 radical (unpaired) electrons. The third-order valence-corrected chi connectivity index (χ3v) is 6.73. The summed E-state index contributed by atoms with van der Waals surface area (Å²) in [5.74, 6) is 1.56. The molecular formula is C27H29N5O2. The van der Waals surface area contributed by atoms with Crippen LogP contribution in [0.1, 0.15) is 28.7 Å². The molecule has 1 amide bonds. The van der Waals surface area contributed by atoms with Gasteiger partial charge in [0.1, 0.15) is 17.6 Å². The zero-order chi connectivity index (χ0) is 23.3. The zero-order valence-electron chi connectivity index (χ0n) is 19.3. The first-order valence-corrected chi connectivity index (χ1v) is 12.0. The Bertz CT molecular complexity index is 1180. The lowest BCUT2D eigenvalue weighted by Gasteiger charge is -2.35. The van der Waals surface area contributed by atoms with E-state index in [1.54, 1.807) is 6.26 Å². The second-order valence-electron chi connectivity index (χ2n) is 8.91. The van der Waals surface area contributed by atoms with E-state index in [1.165, 1.54) is 5.56 Å². The minimum absolute atomic E-state index is 0.0536. The lowest BCUT2D eigenvalue weighted by molar-refractivity contribution is -0.122. The van der Waals surface area contributed by atoms with E-state index in [9.17, 15) is 10.1 Å². The van der Waals surface area contributed by atoms with Crippen LogP contribution >= 0.6 is 0 Å². The first-order valence-electron chi connectivity index (χ1n) is 12.0. The highest BCUT2D eigenvalue weighted by Gasteiger charge is 2.29. The SMILES string of the molecule is N#Cc1c(N2CCN(CC(=O)NCCc3ccccc3)CC2)nc(-c2ccco2)c2c1CCC2. The van der Waals surface area contributed by atoms with Crippen molar-refractivity contribution in [2.24, 2.45) is 0 Å². The quantitative estimate of drug-likeness (QED) is 0.589. The maximum absolute atomic E-state index is 12.4. The highest BCUT2D eigenvalue weighted by atomic mass is 16.3. The Balaban J connectivity index is 1.21. The molecule has 3 heterocycles. The standard InChI is InChI=1S/C27H29N5O2/c28-18-23-21-8-4-9-22(21)26(24-10-5-17-34-24)30-27(23)32-15-13-31(14-16-32)19-25(33)29-12-11-20-6-2-1-3-7-20/h1-3,5-7,10,17H,4,8-9,11-16,19H2,(H,29,33). The fourth-order valence-corrected chi connectivity index (χ4v) is 4.98. The number of amides is 1. The van der Waals surface area contributed by atoms with Crippen molar-refractivity contribution in [1.29, 1.82) is 5.26 Å². The minimum Gasteiger partial charge on any atom is -0.463 e. The summed E-state index contributed by atoms with van der Waals surface area (Å²) in [5.41, 5.74) is 5.07. The molecule has 1 aliphatic carbocycles. The first kappa shape index (κ1) is 22.2. The number of hydrogen-bond acceptors (Lipinski definition) is 6. The predicted octanol–water partition coefficient (Wildman–Crippen LogP) is 3.18. The van der Waals surface area contributed by atoms with Crippen molar-refractivity contribution in [2.75, 3.05) is 44.2 Å². The highest BCUT2D eigenvalue weighted by Crippen LogP contribution is 2.37. The van der Waals surface area contributed by atoms with Crippen LogP contribution in [-0.2, 0) is 24.1 Å². The van der Waals surface area contributed by atoms with E-state index in [4.69, 9.17) is 9.40 Å². The van der Waals surface area contributed by atoms with Crippen molar-refractivity contribution in [3.8, 4) is 17.5 Å². The second-order valence-corrected chi connectivity index (χ2v) is 8.91. The number of nitriles is 1. The summed E-state index contributed by atoms with van der Waals surface area (Å²) in [5, 5.41) is 13.0. The van der Waals surface area contributed by atoms with E-state index in [2.05, 4.69) is 33.3 Å². The Morgan fingerprint density at radius 1 is 1.06 bits per heavy atom. The van der Waals surface area contributed by atoms with Crippen LogP contribution in [0.15, 0.2) is 53.1 Å². The van der Waals surface area contributed by atoms with Crippen LogP contribution < -0.4 is 10.2 Å². The molecule has 1 N–H and O–H groups in total. The van der Waals surface area contributed by atoms with Gasteiger partial charge < -0.3 is 14.6 Å². The number of pyridine rings is 1. The number of nitrogens with one attached hydrogen (secondary N) is 1. The second kappa shape index (κ2) is 10.1. The van der Waals surface area contributed by atoms with E-state index in [-0.39, 0.29) is 5.91 Å². The molecule has 174 valence electrons. The molecular weight excluding hydrogens is 426 g/mol. The van der Waals surface area contributed by atoms with Crippen LogP contribution in [0, 0.1) is 11.3 Å². The van der Waals surface area contributed by atoms with Gasteiger partial charge in [-0.3, -0.25) is 9.69 Å². The van der Waals surface area contributed by atoms with Gasteiger partial charge in [-0.15, -0.1) is 0 Å². The molecule has 0 saturated carbocycles. The van der Waals surface area contributed by atoms with E-state index in [0.29, 0.717) is 18.7 Å². The number of benzene rings is 1. The Labute approximate surface area is 200 Å². The van der Waals surface area contributed by atoms with Crippen LogP contribution in [0.2, 0.25) is 0 Å². The number of hydrogen-bond donors (Lipinski definition) is 1. The number of furan rings is 1. The molecule has 1 fully saturated rings. The van der Waals surface area contributed by atoms with Crippen molar-refractivity contribution in [1.82, 2.24) is 15.2 Å². The molecule has 3 aromatic rings. The number of piperazine rings is 1. The molecule has 1 aromatic carbocycles. The van der Waals surface area contributed by atoms with Gasteiger partial charge in [-0.2, -0.15) is 5.26 Å². The summed E-state index contributed by atoms with van der Waals surface area (Å²) in [7, 11) is 0. The fourth-order valence-electron chi connectivity index (χ4n) is 4.98. The van der Waals surface area contributed by atoms with Crippen molar-refractivity contribution in [3.63, 3.8) is 0 Å². The first-order chi connectivity index (χ1) is 16.7. The molecule has 2 aliphatic rings. The Morgan fingerprint density at radius 2 is 1.85 bits per heavy atom. The summed E-state index contributed by atoms with van der Waals surface area (Å²) in [4.78, 5) is 21.7. The van der Waals surface area contributed by atoms with Crippen molar-refractivity contribution < 1.29 is 9.21 Å². The lowest BCUT2D eigenvalue weighted by Crippen LogP contribution is -2.50. The molecule has 7 nitrogen and oxygen atoms in total. The van der Waals surface area contributed by atoms with Gasteiger partial charge in [0.05, 0.1) is 18.4 Å². The molecule has 5 rings (SSSR count). The lowest BCUT2D eigenvalue weighted by atomic mass is 10.0. The van der Waals surface area contributed by atoms with Gasteiger partial charge in [0.15, 0.2) is 5.76 Å². The predicted molar refractivity (Wildman–Crippen MR) is 130 cm³/mol. The van der Waals surface area contributed by atoms with Gasteiger partial charge in [-0.25, -0.2) is 4.98 Å². The monoisotopic (exact) mass is 455 g/mol. The third kappa shape index (κ3) is 4.68.